The number of hydrogen-bond donors (Lipinski definition) is 0. The number of sulfonamides is 1. The van der Waals surface area contributed by atoms with E-state index in [-0.39, 0.29) is 52.9 Å². The largest absolute Gasteiger partial charge is 0.336 e. The second kappa shape index (κ2) is 8.05. The van der Waals surface area contributed by atoms with Crippen LogP contribution in [-0.2, 0) is 10.0 Å². The Hall–Kier alpha value is -2.56. The van der Waals surface area contributed by atoms with E-state index in [2.05, 4.69) is 0 Å². The molecule has 0 bridgehead atoms. The van der Waals surface area contributed by atoms with E-state index < -0.39 is 26.7 Å². The lowest BCUT2D eigenvalue weighted by Gasteiger charge is -2.34. The molecule has 0 unspecified atom stereocenters. The van der Waals surface area contributed by atoms with Crippen LogP contribution in [-0.4, -0.2) is 54.6 Å². The maximum Gasteiger partial charge on any atom is 0.273 e. The third kappa shape index (κ3) is 4.09. The molecule has 1 fully saturated rings. The van der Waals surface area contributed by atoms with Gasteiger partial charge in [-0.25, -0.2) is 12.8 Å². The maximum atomic E-state index is 13.3. The summed E-state index contributed by atoms with van der Waals surface area (Å²) in [6.07, 6.45) is 0. The highest BCUT2D eigenvalue weighted by Crippen LogP contribution is 2.25. The fraction of sp³-hybridized carbons (Fsp3) is 0.278. The number of piperazine rings is 1. The minimum atomic E-state index is -3.89. The fourth-order valence-corrected chi connectivity index (χ4v) is 4.84. The summed E-state index contributed by atoms with van der Waals surface area (Å²) in [5.74, 6) is -1.11. The van der Waals surface area contributed by atoms with Gasteiger partial charge in [0.05, 0.1) is 14.8 Å². The zero-order valence-electron chi connectivity index (χ0n) is 15.3. The highest BCUT2D eigenvalue weighted by molar-refractivity contribution is 7.89. The molecule has 3 rings (SSSR count). The smallest absolute Gasteiger partial charge is 0.273 e. The van der Waals surface area contributed by atoms with Crippen molar-refractivity contribution in [1.29, 1.82) is 0 Å². The number of rotatable bonds is 4. The van der Waals surface area contributed by atoms with Gasteiger partial charge in [-0.3, -0.25) is 14.9 Å². The number of carbonyl (C=O) groups excluding carboxylic acids is 1. The van der Waals surface area contributed by atoms with Gasteiger partial charge in [-0.1, -0.05) is 17.7 Å². The van der Waals surface area contributed by atoms with Gasteiger partial charge in [-0.05, 0) is 31.2 Å². The Balaban J connectivity index is 1.75. The molecule has 0 N–H and O–H groups in total. The van der Waals surface area contributed by atoms with Crippen molar-refractivity contribution in [3.05, 3.63) is 68.5 Å². The number of carbonyl (C=O) groups is 1. The number of nitro groups is 1. The van der Waals surface area contributed by atoms with Crippen molar-refractivity contribution in [2.45, 2.75) is 11.8 Å². The van der Waals surface area contributed by atoms with Gasteiger partial charge in [0.15, 0.2) is 0 Å². The van der Waals surface area contributed by atoms with Crippen molar-refractivity contribution >= 4 is 33.2 Å². The Kier molecular flexibility index (Phi) is 5.87. The lowest BCUT2D eigenvalue weighted by atomic mass is 10.1. The number of hydrogen-bond acceptors (Lipinski definition) is 5. The van der Waals surface area contributed by atoms with E-state index in [1.807, 2.05) is 0 Å². The van der Waals surface area contributed by atoms with Crippen molar-refractivity contribution in [3.63, 3.8) is 0 Å². The van der Waals surface area contributed by atoms with Crippen LogP contribution < -0.4 is 0 Å². The summed E-state index contributed by atoms with van der Waals surface area (Å²) >= 11 is 5.68. The first kappa shape index (κ1) is 21.2. The molecule has 154 valence electrons. The molecule has 8 nitrogen and oxygen atoms in total. The number of benzene rings is 2. The molecule has 0 spiro atoms. The van der Waals surface area contributed by atoms with Crippen LogP contribution in [0.25, 0.3) is 0 Å². The summed E-state index contributed by atoms with van der Waals surface area (Å²) in [4.78, 5) is 24.6. The van der Waals surface area contributed by atoms with Gasteiger partial charge in [-0.15, -0.1) is 0 Å². The first-order valence-electron chi connectivity index (χ1n) is 8.61. The number of amides is 1. The number of halogens is 2. The maximum absolute atomic E-state index is 13.3. The molecule has 2 aromatic rings. The molecule has 29 heavy (non-hydrogen) atoms. The van der Waals surface area contributed by atoms with Crippen LogP contribution in [0.1, 0.15) is 15.9 Å². The predicted molar refractivity (Wildman–Crippen MR) is 104 cm³/mol. The molecule has 0 aromatic heterocycles. The van der Waals surface area contributed by atoms with E-state index >= 15 is 0 Å². The van der Waals surface area contributed by atoms with Gasteiger partial charge >= 0.3 is 0 Å². The predicted octanol–water partition coefficient (Wildman–Crippen LogP) is 2.84. The normalized spacial score (nSPS) is 15.3. The molecular formula is C18H17ClFN3O5S. The van der Waals surface area contributed by atoms with Crippen molar-refractivity contribution in [1.82, 2.24) is 9.21 Å². The third-order valence-electron chi connectivity index (χ3n) is 4.79. The summed E-state index contributed by atoms with van der Waals surface area (Å²) in [7, 11) is -3.89. The lowest BCUT2D eigenvalue weighted by Crippen LogP contribution is -2.50. The van der Waals surface area contributed by atoms with Crippen LogP contribution in [0.4, 0.5) is 10.1 Å². The summed E-state index contributed by atoms with van der Waals surface area (Å²) in [6, 6.07) is 7.45. The minimum Gasteiger partial charge on any atom is -0.336 e. The van der Waals surface area contributed by atoms with Crippen LogP contribution in [0.2, 0.25) is 5.02 Å². The molecule has 0 atom stereocenters. The quantitative estimate of drug-likeness (QED) is 0.536. The second-order valence-electron chi connectivity index (χ2n) is 6.48. The van der Waals surface area contributed by atoms with Gasteiger partial charge in [0.1, 0.15) is 5.82 Å². The zero-order valence-corrected chi connectivity index (χ0v) is 16.9. The van der Waals surface area contributed by atoms with Gasteiger partial charge < -0.3 is 4.90 Å². The van der Waals surface area contributed by atoms with E-state index in [4.69, 9.17) is 11.6 Å². The fourth-order valence-electron chi connectivity index (χ4n) is 3.14. The first-order chi connectivity index (χ1) is 13.6. The van der Waals surface area contributed by atoms with E-state index in [1.54, 1.807) is 0 Å². The van der Waals surface area contributed by atoms with Crippen molar-refractivity contribution in [2.24, 2.45) is 0 Å². The molecule has 1 aliphatic heterocycles. The Morgan fingerprint density at radius 1 is 1.17 bits per heavy atom. The highest BCUT2D eigenvalue weighted by atomic mass is 35.5. The Labute approximate surface area is 171 Å². The average molecular weight is 442 g/mol. The molecule has 1 heterocycles. The number of nitro benzene ring substituents is 1. The highest BCUT2D eigenvalue weighted by Gasteiger charge is 2.31. The van der Waals surface area contributed by atoms with E-state index in [9.17, 15) is 27.7 Å². The van der Waals surface area contributed by atoms with Crippen LogP contribution in [0, 0.1) is 22.9 Å². The minimum absolute atomic E-state index is 0.0387. The second-order valence-corrected chi connectivity index (χ2v) is 8.82. The van der Waals surface area contributed by atoms with Crippen LogP contribution in [0.5, 0.6) is 0 Å². The standard InChI is InChI=1S/C18H17ClFN3O5S/c1-12-14(3-2-4-17(12)23(25)26)18(24)21-7-9-22(10-8-21)29(27,28)13-5-6-16(20)15(19)11-13/h2-6,11H,7-10H2,1H3. The van der Waals surface area contributed by atoms with Gasteiger partial charge in [0, 0.05) is 43.4 Å². The SMILES string of the molecule is Cc1c(C(=O)N2CCN(S(=O)(=O)c3ccc(F)c(Cl)c3)CC2)cccc1[N+](=O)[O-]. The summed E-state index contributed by atoms with van der Waals surface area (Å²) < 4.78 is 40.0. The molecule has 2 aromatic carbocycles. The molecule has 0 aliphatic carbocycles. The van der Waals surface area contributed by atoms with Gasteiger partial charge in [0.25, 0.3) is 11.6 Å². The average Bonchev–Trinajstić information content (AvgIpc) is 2.69. The van der Waals surface area contributed by atoms with Crippen molar-refractivity contribution in [3.8, 4) is 0 Å². The van der Waals surface area contributed by atoms with Gasteiger partial charge in [0.2, 0.25) is 10.0 Å². The van der Waals surface area contributed by atoms with Crippen LogP contribution >= 0.6 is 11.6 Å². The zero-order chi connectivity index (χ0) is 21.3. The molecular weight excluding hydrogens is 425 g/mol. The molecule has 0 radical (unpaired) electrons. The topological polar surface area (TPSA) is 101 Å². The molecule has 1 aliphatic rings. The monoisotopic (exact) mass is 441 g/mol. The number of nitrogens with zero attached hydrogens (tertiary/aromatic N) is 3. The molecule has 11 heteroatoms. The summed E-state index contributed by atoms with van der Waals surface area (Å²) in [5.41, 5.74) is 0.324. The molecule has 1 amide bonds. The van der Waals surface area contributed by atoms with Gasteiger partial charge in [-0.2, -0.15) is 4.31 Å². The molecule has 1 saturated heterocycles. The van der Waals surface area contributed by atoms with Crippen LogP contribution in [0.3, 0.4) is 0 Å². The Morgan fingerprint density at radius 2 is 1.83 bits per heavy atom. The lowest BCUT2D eigenvalue weighted by molar-refractivity contribution is -0.385. The van der Waals surface area contributed by atoms with E-state index in [1.165, 1.54) is 34.3 Å². The van der Waals surface area contributed by atoms with Crippen molar-refractivity contribution < 1.29 is 22.5 Å². The first-order valence-corrected chi connectivity index (χ1v) is 10.4. The summed E-state index contributed by atoms with van der Waals surface area (Å²) in [5, 5.41) is 10.8. The van der Waals surface area contributed by atoms with E-state index in [0.717, 1.165) is 18.2 Å². The Bertz CT molecular complexity index is 1080. The molecule has 0 saturated carbocycles. The third-order valence-corrected chi connectivity index (χ3v) is 6.97. The Morgan fingerprint density at radius 3 is 2.41 bits per heavy atom. The van der Waals surface area contributed by atoms with E-state index in [0.29, 0.717) is 0 Å². The van der Waals surface area contributed by atoms with Crippen LogP contribution in [0.15, 0.2) is 41.3 Å². The summed E-state index contributed by atoms with van der Waals surface area (Å²) in [6.45, 7) is 1.82. The van der Waals surface area contributed by atoms with Crippen molar-refractivity contribution in [2.75, 3.05) is 26.2 Å².